The summed E-state index contributed by atoms with van der Waals surface area (Å²) in [5.41, 5.74) is 3.52. The number of ether oxygens (including phenoxy) is 5. The van der Waals surface area contributed by atoms with E-state index in [0.717, 1.165) is 16.7 Å². The molecule has 5 rings (SSSR count). The molecule has 0 radical (unpaired) electrons. The first-order chi connectivity index (χ1) is 21.0. The topological polar surface area (TPSA) is 63.2 Å². The molecule has 0 unspecified atom stereocenters. The van der Waals surface area contributed by atoms with Gasteiger partial charge in [-0.1, -0.05) is 105 Å². The van der Waals surface area contributed by atoms with Crippen LogP contribution >= 0.6 is 0 Å². The zero-order chi connectivity index (χ0) is 30.1. The smallest absolute Gasteiger partial charge is 0.263 e. The summed E-state index contributed by atoms with van der Waals surface area (Å²) >= 11 is 0. The minimum Gasteiger partial charge on any atom is -0.489 e. The summed E-state index contributed by atoms with van der Waals surface area (Å²) in [5, 5.41) is 0. The standard InChI is InChI=1S/C37H40O6/c1-4-33-27(2)34(41-25-29-16-10-6-11-17-29)36(42-26-30-18-12-7-13-19-30)37(39-3,43-33)35(38)31-20-22-32(23-21-31)40-24-28-14-8-5-9-15-28/h5-23,27,33-34,36H,4,24-26H2,1-3H3/t27-,33-,34+,36-,37+/m1/s1. The molecule has 0 saturated carbocycles. The Bertz CT molecular complexity index is 1410. The molecule has 1 saturated heterocycles. The Morgan fingerprint density at radius 3 is 1.74 bits per heavy atom. The van der Waals surface area contributed by atoms with E-state index in [1.54, 1.807) is 24.3 Å². The van der Waals surface area contributed by atoms with Crippen LogP contribution in [0.1, 0.15) is 47.3 Å². The van der Waals surface area contributed by atoms with Crippen LogP contribution in [0.2, 0.25) is 0 Å². The molecule has 6 heteroatoms. The summed E-state index contributed by atoms with van der Waals surface area (Å²) in [5.74, 6) is -1.42. The molecule has 4 aromatic rings. The lowest BCUT2D eigenvalue weighted by Gasteiger charge is -2.50. The van der Waals surface area contributed by atoms with Crippen molar-refractivity contribution in [2.45, 2.75) is 64.2 Å². The van der Waals surface area contributed by atoms with Crippen LogP contribution in [0.25, 0.3) is 0 Å². The van der Waals surface area contributed by atoms with Gasteiger partial charge in [0.2, 0.25) is 5.78 Å². The normalized spacial score (nSPS) is 23.5. The van der Waals surface area contributed by atoms with Crippen molar-refractivity contribution in [3.63, 3.8) is 0 Å². The van der Waals surface area contributed by atoms with E-state index >= 15 is 0 Å². The number of carbonyl (C=O) groups is 1. The average molecular weight is 581 g/mol. The van der Waals surface area contributed by atoms with Gasteiger partial charge < -0.3 is 23.7 Å². The second-order valence-corrected chi connectivity index (χ2v) is 10.9. The Morgan fingerprint density at radius 2 is 1.23 bits per heavy atom. The Balaban J connectivity index is 1.43. The van der Waals surface area contributed by atoms with Crippen molar-refractivity contribution in [2.75, 3.05) is 7.11 Å². The minimum absolute atomic E-state index is 0.0562. The highest BCUT2D eigenvalue weighted by Gasteiger charge is 2.59. The first-order valence-corrected chi connectivity index (χ1v) is 14.9. The summed E-state index contributed by atoms with van der Waals surface area (Å²) in [4.78, 5) is 14.4. The quantitative estimate of drug-likeness (QED) is 0.154. The van der Waals surface area contributed by atoms with Crippen LogP contribution in [0.3, 0.4) is 0 Å². The van der Waals surface area contributed by atoms with Crippen LogP contribution in [-0.2, 0) is 38.8 Å². The van der Waals surface area contributed by atoms with E-state index < -0.39 is 18.0 Å². The highest BCUT2D eigenvalue weighted by atomic mass is 16.7. The first-order valence-electron chi connectivity index (χ1n) is 14.9. The van der Waals surface area contributed by atoms with E-state index in [-0.39, 0.29) is 24.4 Å². The molecule has 43 heavy (non-hydrogen) atoms. The van der Waals surface area contributed by atoms with Gasteiger partial charge in [0.1, 0.15) is 18.5 Å². The zero-order valence-electron chi connectivity index (χ0n) is 25.1. The number of rotatable bonds is 13. The zero-order valence-corrected chi connectivity index (χ0v) is 25.1. The van der Waals surface area contributed by atoms with Crippen molar-refractivity contribution in [3.05, 3.63) is 138 Å². The number of Topliss-reactive ketones (excluding diaryl/α,β-unsaturated/α-hetero) is 1. The number of benzene rings is 4. The van der Waals surface area contributed by atoms with Crippen LogP contribution < -0.4 is 4.74 Å². The summed E-state index contributed by atoms with van der Waals surface area (Å²) in [7, 11) is 1.51. The van der Waals surface area contributed by atoms with Crippen molar-refractivity contribution >= 4 is 5.78 Å². The minimum atomic E-state index is -1.71. The molecule has 0 amide bonds. The maximum absolute atomic E-state index is 14.4. The van der Waals surface area contributed by atoms with Gasteiger partial charge in [0.05, 0.1) is 25.4 Å². The Kier molecular flexibility index (Phi) is 10.4. The van der Waals surface area contributed by atoms with Crippen LogP contribution in [0.4, 0.5) is 0 Å². The first kappa shape index (κ1) is 30.6. The molecule has 1 fully saturated rings. The van der Waals surface area contributed by atoms with Gasteiger partial charge in [0, 0.05) is 18.6 Å². The predicted octanol–water partition coefficient (Wildman–Crippen LogP) is 7.41. The van der Waals surface area contributed by atoms with Crippen LogP contribution in [-0.4, -0.2) is 37.0 Å². The lowest BCUT2D eigenvalue weighted by atomic mass is 9.82. The van der Waals surface area contributed by atoms with E-state index in [0.29, 0.717) is 30.9 Å². The SMILES string of the molecule is CC[C@H]1O[C@@](OC)(C(=O)c2ccc(OCc3ccccc3)cc2)[C@H](OCc2ccccc2)[C@@H](OCc2ccccc2)[C@@H]1C. The number of hydrogen-bond acceptors (Lipinski definition) is 6. The van der Waals surface area contributed by atoms with Crippen LogP contribution in [0, 0.1) is 5.92 Å². The second-order valence-electron chi connectivity index (χ2n) is 10.9. The highest BCUT2D eigenvalue weighted by molar-refractivity contribution is 6.02. The Morgan fingerprint density at radius 1 is 0.721 bits per heavy atom. The third-order valence-electron chi connectivity index (χ3n) is 8.05. The number of carbonyl (C=O) groups excluding carboxylic acids is 1. The molecule has 1 heterocycles. The van der Waals surface area contributed by atoms with Crippen molar-refractivity contribution < 1.29 is 28.5 Å². The second kappa shape index (κ2) is 14.6. The van der Waals surface area contributed by atoms with Gasteiger partial charge in [0.15, 0.2) is 0 Å². The molecule has 0 spiro atoms. The third-order valence-corrected chi connectivity index (χ3v) is 8.05. The summed E-state index contributed by atoms with van der Waals surface area (Å²) in [6.45, 7) is 5.22. The van der Waals surface area contributed by atoms with E-state index in [1.807, 2.05) is 97.9 Å². The van der Waals surface area contributed by atoms with Crippen molar-refractivity contribution in [1.29, 1.82) is 0 Å². The largest absolute Gasteiger partial charge is 0.489 e. The molecule has 1 aliphatic heterocycles. The fraction of sp³-hybridized carbons (Fsp3) is 0.324. The van der Waals surface area contributed by atoms with Gasteiger partial charge in [0.25, 0.3) is 5.79 Å². The lowest BCUT2D eigenvalue weighted by molar-refractivity contribution is -0.334. The molecule has 224 valence electrons. The number of methoxy groups -OCH3 is 1. The molecule has 6 nitrogen and oxygen atoms in total. The van der Waals surface area contributed by atoms with Gasteiger partial charge >= 0.3 is 0 Å². The average Bonchev–Trinajstić information content (AvgIpc) is 3.07. The maximum Gasteiger partial charge on any atom is 0.263 e. The maximum atomic E-state index is 14.4. The van der Waals surface area contributed by atoms with Crippen LogP contribution in [0.15, 0.2) is 115 Å². The summed E-state index contributed by atoms with van der Waals surface area (Å²) in [6.07, 6.45) is -0.905. The van der Waals surface area contributed by atoms with E-state index in [2.05, 4.69) is 6.92 Å². The molecule has 0 bridgehead atoms. The van der Waals surface area contributed by atoms with Gasteiger partial charge in [-0.05, 0) is 47.4 Å². The molecule has 0 aromatic heterocycles. The van der Waals surface area contributed by atoms with E-state index in [1.165, 1.54) is 7.11 Å². The van der Waals surface area contributed by atoms with Crippen molar-refractivity contribution in [2.24, 2.45) is 5.92 Å². The van der Waals surface area contributed by atoms with Gasteiger partial charge in [-0.25, -0.2) is 0 Å². The molecule has 4 aromatic carbocycles. The molecular formula is C37H40O6. The fourth-order valence-electron chi connectivity index (χ4n) is 5.61. The molecule has 0 aliphatic carbocycles. The van der Waals surface area contributed by atoms with Gasteiger partial charge in [-0.15, -0.1) is 0 Å². The molecule has 1 aliphatic rings. The fourth-order valence-corrected chi connectivity index (χ4v) is 5.61. The summed E-state index contributed by atoms with van der Waals surface area (Å²) < 4.78 is 31.8. The Labute approximate surface area is 254 Å². The lowest BCUT2D eigenvalue weighted by Crippen LogP contribution is -2.67. The van der Waals surface area contributed by atoms with E-state index in [9.17, 15) is 4.79 Å². The van der Waals surface area contributed by atoms with Crippen molar-refractivity contribution in [1.82, 2.24) is 0 Å². The Hall–Kier alpha value is -3.81. The predicted molar refractivity (Wildman–Crippen MR) is 166 cm³/mol. The van der Waals surface area contributed by atoms with Gasteiger partial charge in [-0.3, -0.25) is 4.79 Å². The summed E-state index contributed by atoms with van der Waals surface area (Å²) in [6, 6.07) is 36.9. The molecular weight excluding hydrogens is 540 g/mol. The molecule has 5 atom stereocenters. The molecule has 0 N–H and O–H groups in total. The number of hydrogen-bond donors (Lipinski definition) is 0. The van der Waals surface area contributed by atoms with Crippen LogP contribution in [0.5, 0.6) is 5.75 Å². The number of ketones is 1. The third kappa shape index (κ3) is 7.23. The van der Waals surface area contributed by atoms with Crippen molar-refractivity contribution in [3.8, 4) is 5.75 Å². The monoisotopic (exact) mass is 580 g/mol. The van der Waals surface area contributed by atoms with E-state index in [4.69, 9.17) is 23.7 Å². The highest BCUT2D eigenvalue weighted by Crippen LogP contribution is 2.41. The van der Waals surface area contributed by atoms with Gasteiger partial charge in [-0.2, -0.15) is 0 Å².